The Morgan fingerprint density at radius 1 is 0.971 bits per heavy atom. The van der Waals surface area contributed by atoms with Crippen molar-refractivity contribution in [3.63, 3.8) is 0 Å². The van der Waals surface area contributed by atoms with Crippen LogP contribution in [-0.2, 0) is 32.1 Å². The predicted octanol–water partition coefficient (Wildman–Crippen LogP) is 3.09. The monoisotopic (exact) mass is 481 g/mol. The van der Waals surface area contributed by atoms with Gasteiger partial charge in [0.05, 0.1) is 18.6 Å². The number of carbonyl (C=O) groups is 3. The summed E-state index contributed by atoms with van der Waals surface area (Å²) in [4.78, 5) is 37.1. The van der Waals surface area contributed by atoms with Crippen molar-refractivity contribution in [1.29, 1.82) is 0 Å². The van der Waals surface area contributed by atoms with Gasteiger partial charge >= 0.3 is 6.09 Å². The zero-order valence-corrected chi connectivity index (χ0v) is 20.3. The lowest BCUT2D eigenvalue weighted by Gasteiger charge is -2.22. The maximum atomic E-state index is 13.1. The van der Waals surface area contributed by atoms with Crippen LogP contribution in [0.25, 0.3) is 0 Å². The minimum absolute atomic E-state index is 0.0433. The highest BCUT2D eigenvalue weighted by atomic mass is 16.6. The van der Waals surface area contributed by atoms with E-state index in [1.54, 1.807) is 0 Å². The summed E-state index contributed by atoms with van der Waals surface area (Å²) in [6, 6.07) is 17.5. The standard InChI is InChI=1S/C27H35N3O5/c1-18(2)13-14-23-25(35-23)21(15-19-9-5-3-6-10-19)29-26(32)22(16-24(28)31)30-27(33)34-17-20-11-7-4-8-12-20/h3-12,18,21-23,25H,13-17H2,1-2H3,(H2,28,31)(H,29,32)(H,30,33)/t21?,22-,23?,25?/m1/s1. The lowest BCUT2D eigenvalue weighted by molar-refractivity contribution is -0.127. The van der Waals surface area contributed by atoms with Gasteiger partial charge in [-0.25, -0.2) is 4.79 Å². The first kappa shape index (κ1) is 26.2. The third-order valence-corrected chi connectivity index (χ3v) is 5.90. The number of hydrogen-bond acceptors (Lipinski definition) is 5. The molecule has 4 atom stereocenters. The quantitative estimate of drug-likeness (QED) is 0.380. The largest absolute Gasteiger partial charge is 0.445 e. The SMILES string of the molecule is CC(C)CCC1OC1C(Cc1ccccc1)NC(=O)[C@@H](CC(N)=O)NC(=O)OCc1ccccc1. The Hall–Kier alpha value is -3.39. The molecular formula is C27H35N3O5. The molecule has 2 aromatic carbocycles. The van der Waals surface area contributed by atoms with E-state index < -0.39 is 23.9 Å². The van der Waals surface area contributed by atoms with E-state index in [9.17, 15) is 14.4 Å². The molecule has 1 aliphatic heterocycles. The van der Waals surface area contributed by atoms with Crippen LogP contribution in [0.4, 0.5) is 4.79 Å². The molecule has 1 aliphatic rings. The van der Waals surface area contributed by atoms with E-state index in [2.05, 4.69) is 24.5 Å². The summed E-state index contributed by atoms with van der Waals surface area (Å²) in [6.07, 6.45) is 1.32. The van der Waals surface area contributed by atoms with Crippen LogP contribution in [0.5, 0.6) is 0 Å². The van der Waals surface area contributed by atoms with E-state index in [4.69, 9.17) is 15.2 Å². The minimum atomic E-state index is -1.15. The number of nitrogens with one attached hydrogen (secondary N) is 2. The Labute approximate surface area is 206 Å². The molecule has 1 saturated heterocycles. The normalized spacial score (nSPS) is 18.4. The summed E-state index contributed by atoms with van der Waals surface area (Å²) in [5, 5.41) is 5.47. The molecule has 8 heteroatoms. The fourth-order valence-corrected chi connectivity index (χ4v) is 3.96. The third-order valence-electron chi connectivity index (χ3n) is 5.90. The van der Waals surface area contributed by atoms with Gasteiger partial charge in [0.25, 0.3) is 0 Å². The Morgan fingerprint density at radius 3 is 2.20 bits per heavy atom. The van der Waals surface area contributed by atoms with Crippen molar-refractivity contribution in [2.24, 2.45) is 11.7 Å². The molecule has 188 valence electrons. The second-order valence-electron chi connectivity index (χ2n) is 9.34. The Kier molecular flexibility index (Phi) is 9.66. The van der Waals surface area contributed by atoms with E-state index in [1.807, 2.05) is 60.7 Å². The molecule has 0 spiro atoms. The summed E-state index contributed by atoms with van der Waals surface area (Å²) in [5.74, 6) is -0.641. The van der Waals surface area contributed by atoms with Crippen molar-refractivity contribution < 1.29 is 23.9 Å². The molecule has 2 aromatic rings. The number of rotatable bonds is 13. The number of benzene rings is 2. The average Bonchev–Trinajstić information content (AvgIpc) is 3.61. The lowest BCUT2D eigenvalue weighted by atomic mass is 9.98. The van der Waals surface area contributed by atoms with Gasteiger partial charge in [0.1, 0.15) is 18.8 Å². The first-order chi connectivity index (χ1) is 16.8. The van der Waals surface area contributed by atoms with Gasteiger partial charge in [-0.05, 0) is 36.3 Å². The molecule has 35 heavy (non-hydrogen) atoms. The first-order valence-corrected chi connectivity index (χ1v) is 12.1. The molecule has 0 bridgehead atoms. The van der Waals surface area contributed by atoms with Gasteiger partial charge in [-0.15, -0.1) is 0 Å². The van der Waals surface area contributed by atoms with Crippen molar-refractivity contribution >= 4 is 17.9 Å². The lowest BCUT2D eigenvalue weighted by Crippen LogP contribution is -2.53. The number of epoxide rings is 1. The minimum Gasteiger partial charge on any atom is -0.445 e. The number of alkyl carbamates (subject to hydrolysis) is 1. The maximum Gasteiger partial charge on any atom is 0.408 e. The van der Waals surface area contributed by atoms with Gasteiger partial charge < -0.3 is 25.8 Å². The van der Waals surface area contributed by atoms with Crippen LogP contribution in [0.1, 0.15) is 44.2 Å². The third kappa shape index (κ3) is 9.05. The predicted molar refractivity (Wildman–Crippen MR) is 132 cm³/mol. The highest BCUT2D eigenvalue weighted by Gasteiger charge is 2.45. The topological polar surface area (TPSA) is 123 Å². The van der Waals surface area contributed by atoms with Gasteiger partial charge in [0.2, 0.25) is 11.8 Å². The van der Waals surface area contributed by atoms with Gasteiger partial charge in [0.15, 0.2) is 0 Å². The summed E-state index contributed by atoms with van der Waals surface area (Å²) in [5.41, 5.74) is 7.21. The van der Waals surface area contributed by atoms with Gasteiger partial charge in [-0.2, -0.15) is 0 Å². The van der Waals surface area contributed by atoms with Crippen LogP contribution in [0.2, 0.25) is 0 Å². The molecule has 8 nitrogen and oxygen atoms in total. The second kappa shape index (κ2) is 12.9. The number of nitrogens with two attached hydrogens (primary N) is 1. The van der Waals surface area contributed by atoms with Gasteiger partial charge in [0, 0.05) is 0 Å². The van der Waals surface area contributed by atoms with Crippen molar-refractivity contribution in [2.45, 2.75) is 70.4 Å². The maximum absolute atomic E-state index is 13.1. The summed E-state index contributed by atoms with van der Waals surface area (Å²) in [7, 11) is 0. The van der Waals surface area contributed by atoms with Crippen molar-refractivity contribution in [3.8, 4) is 0 Å². The Balaban J connectivity index is 1.63. The number of ether oxygens (including phenoxy) is 2. The molecule has 0 aromatic heterocycles. The van der Waals surface area contributed by atoms with Crippen LogP contribution >= 0.6 is 0 Å². The van der Waals surface area contributed by atoms with E-state index in [-0.39, 0.29) is 31.3 Å². The first-order valence-electron chi connectivity index (χ1n) is 12.1. The van der Waals surface area contributed by atoms with E-state index in [1.165, 1.54) is 0 Å². The van der Waals surface area contributed by atoms with Crippen molar-refractivity contribution in [1.82, 2.24) is 10.6 Å². The highest BCUT2D eigenvalue weighted by molar-refractivity contribution is 5.90. The van der Waals surface area contributed by atoms with Crippen LogP contribution in [0, 0.1) is 5.92 Å². The average molecular weight is 482 g/mol. The van der Waals surface area contributed by atoms with Crippen LogP contribution in [0.3, 0.4) is 0 Å². The van der Waals surface area contributed by atoms with E-state index in [0.29, 0.717) is 12.3 Å². The summed E-state index contributed by atoms with van der Waals surface area (Å²) in [6.45, 7) is 4.37. The molecular weight excluding hydrogens is 446 g/mol. The molecule has 1 heterocycles. The zero-order chi connectivity index (χ0) is 25.2. The van der Waals surface area contributed by atoms with Crippen LogP contribution in [-0.4, -0.2) is 42.2 Å². The number of primary amides is 1. The smallest absolute Gasteiger partial charge is 0.408 e. The summed E-state index contributed by atoms with van der Waals surface area (Å²) >= 11 is 0. The van der Waals surface area contributed by atoms with Gasteiger partial charge in [-0.1, -0.05) is 74.5 Å². The molecule has 0 aliphatic carbocycles. The number of amides is 3. The second-order valence-corrected chi connectivity index (χ2v) is 9.34. The molecule has 3 amide bonds. The fourth-order valence-electron chi connectivity index (χ4n) is 3.96. The fraction of sp³-hybridized carbons (Fsp3) is 0.444. The molecule has 4 N–H and O–H groups in total. The van der Waals surface area contributed by atoms with E-state index >= 15 is 0 Å². The van der Waals surface area contributed by atoms with Crippen molar-refractivity contribution in [3.05, 3.63) is 71.8 Å². The van der Waals surface area contributed by atoms with Crippen LogP contribution in [0.15, 0.2) is 60.7 Å². The molecule has 0 saturated carbocycles. The highest BCUT2D eigenvalue weighted by Crippen LogP contribution is 2.32. The zero-order valence-electron chi connectivity index (χ0n) is 20.3. The molecule has 3 unspecified atom stereocenters. The van der Waals surface area contributed by atoms with Gasteiger partial charge in [-0.3, -0.25) is 9.59 Å². The van der Waals surface area contributed by atoms with E-state index in [0.717, 1.165) is 24.0 Å². The Morgan fingerprint density at radius 2 is 1.60 bits per heavy atom. The molecule has 1 fully saturated rings. The molecule has 0 radical (unpaired) electrons. The van der Waals surface area contributed by atoms with Crippen LogP contribution < -0.4 is 16.4 Å². The summed E-state index contributed by atoms with van der Waals surface area (Å²) < 4.78 is 11.1. The number of hydrogen-bond donors (Lipinski definition) is 3. The van der Waals surface area contributed by atoms with Crippen molar-refractivity contribution in [2.75, 3.05) is 0 Å². The molecule has 3 rings (SSSR count). The Bertz CT molecular complexity index is 967. The number of carbonyl (C=O) groups excluding carboxylic acids is 3.